The molecule has 1 unspecified atom stereocenters. The van der Waals surface area contributed by atoms with Crippen molar-refractivity contribution in [1.29, 1.82) is 0 Å². The van der Waals surface area contributed by atoms with Crippen LogP contribution in [0.15, 0.2) is 24.3 Å². The lowest BCUT2D eigenvalue weighted by Crippen LogP contribution is -2.35. The molecule has 0 aromatic heterocycles. The van der Waals surface area contributed by atoms with Gasteiger partial charge in [0.25, 0.3) is 5.91 Å². The van der Waals surface area contributed by atoms with E-state index in [4.69, 9.17) is 4.74 Å². The van der Waals surface area contributed by atoms with Crippen LogP contribution in [0.1, 0.15) is 23.7 Å². The largest absolute Gasteiger partial charge is 0.377 e. The summed E-state index contributed by atoms with van der Waals surface area (Å²) >= 11 is 2.24. The summed E-state index contributed by atoms with van der Waals surface area (Å²) in [7, 11) is 0. The molecule has 92 valence electrons. The van der Waals surface area contributed by atoms with Gasteiger partial charge in [0.05, 0.1) is 6.10 Å². The number of carbonyl (C=O) groups excluding carboxylic acids is 1. The van der Waals surface area contributed by atoms with Crippen molar-refractivity contribution in [2.75, 3.05) is 19.7 Å². The number of ether oxygens (including phenoxy) is 1. The first-order chi connectivity index (χ1) is 8.16. The van der Waals surface area contributed by atoms with Gasteiger partial charge in [-0.05, 0) is 60.2 Å². The predicted octanol–water partition coefficient (Wildman–Crippen LogP) is 2.54. The van der Waals surface area contributed by atoms with Crippen LogP contribution in [0.5, 0.6) is 0 Å². The molecule has 0 aliphatic carbocycles. The highest BCUT2D eigenvalue weighted by Gasteiger charge is 2.20. The third-order valence-electron chi connectivity index (χ3n) is 2.83. The molecule has 1 aliphatic heterocycles. The van der Waals surface area contributed by atoms with Crippen molar-refractivity contribution in [3.8, 4) is 0 Å². The van der Waals surface area contributed by atoms with Gasteiger partial charge < -0.3 is 9.64 Å². The molecule has 0 bridgehead atoms. The minimum absolute atomic E-state index is 0.110. The van der Waals surface area contributed by atoms with Crippen molar-refractivity contribution in [3.05, 3.63) is 33.4 Å². The summed E-state index contributed by atoms with van der Waals surface area (Å²) < 4.78 is 6.69. The Hall–Kier alpha value is -0.620. The lowest BCUT2D eigenvalue weighted by molar-refractivity contribution is 0.0562. The number of halogens is 1. The Morgan fingerprint density at radius 3 is 2.82 bits per heavy atom. The smallest absolute Gasteiger partial charge is 0.253 e. The van der Waals surface area contributed by atoms with Gasteiger partial charge in [-0.3, -0.25) is 4.79 Å². The maximum atomic E-state index is 12.3. The monoisotopic (exact) mass is 345 g/mol. The first-order valence-electron chi connectivity index (χ1n) is 5.83. The number of nitrogens with zero attached hydrogens (tertiary/aromatic N) is 1. The first-order valence-corrected chi connectivity index (χ1v) is 6.91. The van der Waals surface area contributed by atoms with Crippen molar-refractivity contribution >= 4 is 28.5 Å². The molecule has 2 rings (SSSR count). The molecule has 1 aliphatic rings. The zero-order valence-corrected chi connectivity index (χ0v) is 12.0. The van der Waals surface area contributed by atoms with Gasteiger partial charge in [-0.1, -0.05) is 0 Å². The van der Waals surface area contributed by atoms with E-state index in [1.807, 2.05) is 36.1 Å². The summed E-state index contributed by atoms with van der Waals surface area (Å²) in [4.78, 5) is 14.2. The van der Waals surface area contributed by atoms with Crippen molar-refractivity contribution in [3.63, 3.8) is 0 Å². The Labute approximate surface area is 115 Å². The number of hydrogen-bond donors (Lipinski definition) is 0. The molecule has 3 nitrogen and oxygen atoms in total. The molecule has 0 spiro atoms. The molecule has 4 heteroatoms. The molecular formula is C13H16INO2. The van der Waals surface area contributed by atoms with E-state index in [0.29, 0.717) is 6.54 Å². The van der Waals surface area contributed by atoms with Crippen LogP contribution >= 0.6 is 22.6 Å². The summed E-state index contributed by atoms with van der Waals surface area (Å²) in [6.45, 7) is 4.23. The third kappa shape index (κ3) is 3.42. The molecule has 1 atom stereocenters. The fourth-order valence-electron chi connectivity index (χ4n) is 1.95. The van der Waals surface area contributed by atoms with Gasteiger partial charge in [0, 0.05) is 28.8 Å². The fraction of sp³-hybridized carbons (Fsp3) is 0.462. The molecule has 1 heterocycles. The lowest BCUT2D eigenvalue weighted by atomic mass is 10.2. The normalized spacial score (nSPS) is 21.1. The van der Waals surface area contributed by atoms with E-state index in [0.717, 1.165) is 28.7 Å². The molecule has 1 amide bonds. The highest BCUT2D eigenvalue weighted by Crippen LogP contribution is 2.12. The SMILES string of the molecule is CC1CN(C(=O)c2ccc(I)cc2)CCCO1. The molecule has 1 aromatic rings. The second-order valence-corrected chi connectivity index (χ2v) is 5.54. The summed E-state index contributed by atoms with van der Waals surface area (Å²) in [5.74, 6) is 0.110. The molecule has 0 N–H and O–H groups in total. The van der Waals surface area contributed by atoms with Crippen molar-refractivity contribution in [2.24, 2.45) is 0 Å². The quantitative estimate of drug-likeness (QED) is 0.732. The standard InChI is InChI=1S/C13H16INO2/c1-10-9-15(7-2-8-17-10)13(16)11-3-5-12(14)6-4-11/h3-6,10H,2,7-9H2,1H3. The average molecular weight is 345 g/mol. The van der Waals surface area contributed by atoms with E-state index in [1.54, 1.807) is 0 Å². The Bertz CT molecular complexity index is 391. The maximum Gasteiger partial charge on any atom is 0.253 e. The average Bonchev–Trinajstić information content (AvgIpc) is 2.54. The number of amides is 1. The van der Waals surface area contributed by atoms with E-state index in [9.17, 15) is 4.79 Å². The number of benzene rings is 1. The van der Waals surface area contributed by atoms with Crippen LogP contribution in [0, 0.1) is 3.57 Å². The molecular weight excluding hydrogens is 329 g/mol. The highest BCUT2D eigenvalue weighted by atomic mass is 127. The highest BCUT2D eigenvalue weighted by molar-refractivity contribution is 14.1. The van der Waals surface area contributed by atoms with Gasteiger partial charge >= 0.3 is 0 Å². The van der Waals surface area contributed by atoms with Gasteiger partial charge in [0.2, 0.25) is 0 Å². The molecule has 0 radical (unpaired) electrons. The van der Waals surface area contributed by atoms with E-state index in [2.05, 4.69) is 22.6 Å². The molecule has 1 fully saturated rings. The Kier molecular flexibility index (Phi) is 4.39. The summed E-state index contributed by atoms with van der Waals surface area (Å²) in [5.41, 5.74) is 0.763. The molecule has 1 aromatic carbocycles. The lowest BCUT2D eigenvalue weighted by Gasteiger charge is -2.22. The third-order valence-corrected chi connectivity index (χ3v) is 3.55. The van der Waals surface area contributed by atoms with Crippen LogP contribution in [-0.2, 0) is 4.74 Å². The Morgan fingerprint density at radius 2 is 2.12 bits per heavy atom. The molecule has 0 saturated carbocycles. The van der Waals surface area contributed by atoms with E-state index >= 15 is 0 Å². The molecule has 17 heavy (non-hydrogen) atoms. The Morgan fingerprint density at radius 1 is 1.41 bits per heavy atom. The summed E-state index contributed by atoms with van der Waals surface area (Å²) in [6.07, 6.45) is 1.05. The second kappa shape index (κ2) is 5.82. The van der Waals surface area contributed by atoms with Crippen molar-refractivity contribution in [1.82, 2.24) is 4.90 Å². The predicted molar refractivity (Wildman–Crippen MR) is 75.1 cm³/mol. The minimum Gasteiger partial charge on any atom is -0.377 e. The van der Waals surface area contributed by atoms with Crippen LogP contribution in [0.25, 0.3) is 0 Å². The minimum atomic E-state index is 0.110. The zero-order valence-electron chi connectivity index (χ0n) is 9.86. The van der Waals surface area contributed by atoms with Crippen LogP contribution in [0.3, 0.4) is 0 Å². The van der Waals surface area contributed by atoms with Crippen molar-refractivity contribution in [2.45, 2.75) is 19.4 Å². The number of hydrogen-bond acceptors (Lipinski definition) is 2. The fourth-order valence-corrected chi connectivity index (χ4v) is 2.31. The van der Waals surface area contributed by atoms with Crippen LogP contribution in [-0.4, -0.2) is 36.6 Å². The van der Waals surface area contributed by atoms with E-state index < -0.39 is 0 Å². The second-order valence-electron chi connectivity index (χ2n) is 4.29. The van der Waals surface area contributed by atoms with Gasteiger partial charge in [0.15, 0.2) is 0 Å². The zero-order chi connectivity index (χ0) is 12.3. The molecule has 1 saturated heterocycles. The van der Waals surface area contributed by atoms with E-state index in [-0.39, 0.29) is 12.0 Å². The van der Waals surface area contributed by atoms with Gasteiger partial charge in [0.1, 0.15) is 0 Å². The summed E-state index contributed by atoms with van der Waals surface area (Å²) in [6, 6.07) is 7.71. The maximum absolute atomic E-state index is 12.3. The van der Waals surface area contributed by atoms with Crippen LogP contribution in [0.2, 0.25) is 0 Å². The summed E-state index contributed by atoms with van der Waals surface area (Å²) in [5, 5.41) is 0. The van der Waals surface area contributed by atoms with Crippen LogP contribution < -0.4 is 0 Å². The van der Waals surface area contributed by atoms with Gasteiger partial charge in [-0.15, -0.1) is 0 Å². The van der Waals surface area contributed by atoms with Gasteiger partial charge in [-0.2, -0.15) is 0 Å². The topological polar surface area (TPSA) is 29.5 Å². The van der Waals surface area contributed by atoms with Crippen molar-refractivity contribution < 1.29 is 9.53 Å². The Balaban J connectivity index is 2.10. The first kappa shape index (κ1) is 12.8. The van der Waals surface area contributed by atoms with E-state index in [1.165, 1.54) is 0 Å². The van der Waals surface area contributed by atoms with Gasteiger partial charge in [-0.25, -0.2) is 0 Å². The number of rotatable bonds is 1. The van der Waals surface area contributed by atoms with Crippen LogP contribution in [0.4, 0.5) is 0 Å². The number of carbonyl (C=O) groups is 1.